The van der Waals surface area contributed by atoms with Gasteiger partial charge in [0.1, 0.15) is 6.61 Å². The summed E-state index contributed by atoms with van der Waals surface area (Å²) in [7, 11) is 0. The average molecular weight is 148 g/mol. The van der Waals surface area contributed by atoms with Crippen LogP contribution in [0, 0.1) is 0 Å². The van der Waals surface area contributed by atoms with Crippen molar-refractivity contribution in [2.45, 2.75) is 6.29 Å². The van der Waals surface area contributed by atoms with Crippen LogP contribution in [0.25, 0.3) is 0 Å². The number of ether oxygens (including phenoxy) is 3. The van der Waals surface area contributed by atoms with Gasteiger partial charge in [-0.15, -0.1) is 0 Å². The van der Waals surface area contributed by atoms with Crippen LogP contribution < -0.4 is 0 Å². The fourth-order valence-electron chi connectivity index (χ4n) is 0.643. The predicted octanol–water partition coefficient (Wildman–Crippen LogP) is 0.0539. The largest absolute Gasteiger partial charge is 0.505 e. The Morgan fingerprint density at radius 2 is 2.20 bits per heavy atom. The summed E-state index contributed by atoms with van der Waals surface area (Å²) >= 11 is 0. The van der Waals surface area contributed by atoms with E-state index in [1.54, 1.807) is 0 Å². The lowest BCUT2D eigenvalue weighted by atomic mass is 10.7. The van der Waals surface area contributed by atoms with Gasteiger partial charge in [0.05, 0.1) is 13.2 Å². The minimum Gasteiger partial charge on any atom is -0.450 e. The van der Waals surface area contributed by atoms with Gasteiger partial charge in [-0.05, 0) is 0 Å². The Labute approximate surface area is 57.5 Å². The van der Waals surface area contributed by atoms with Gasteiger partial charge >= 0.3 is 6.16 Å². The summed E-state index contributed by atoms with van der Waals surface area (Å²) in [4.78, 5) is 9.82. The monoisotopic (exact) mass is 148 g/mol. The number of hydrogen-bond acceptors (Lipinski definition) is 4. The summed E-state index contributed by atoms with van der Waals surface area (Å²) in [6, 6.07) is 0. The fourth-order valence-corrected chi connectivity index (χ4v) is 0.643. The first-order chi connectivity index (χ1) is 4.79. The second kappa shape index (κ2) is 3.38. The maximum atomic E-state index is 9.82. The number of rotatable bonds is 2. The van der Waals surface area contributed by atoms with Crippen LogP contribution in [0.5, 0.6) is 0 Å². The molecular formula is C5H8O5. The van der Waals surface area contributed by atoms with Crippen molar-refractivity contribution in [3.63, 3.8) is 0 Å². The van der Waals surface area contributed by atoms with Crippen molar-refractivity contribution >= 4 is 6.16 Å². The third-order valence-electron chi connectivity index (χ3n) is 1.03. The van der Waals surface area contributed by atoms with E-state index in [1.807, 2.05) is 0 Å². The SMILES string of the molecule is O=C(O)OCC1OCCO1. The summed E-state index contributed by atoms with van der Waals surface area (Å²) in [5, 5.41) is 8.04. The van der Waals surface area contributed by atoms with Gasteiger partial charge in [-0.3, -0.25) is 0 Å². The highest BCUT2D eigenvalue weighted by Gasteiger charge is 2.17. The van der Waals surface area contributed by atoms with Gasteiger partial charge in [0, 0.05) is 0 Å². The Morgan fingerprint density at radius 1 is 1.60 bits per heavy atom. The summed E-state index contributed by atoms with van der Waals surface area (Å²) in [6.07, 6.45) is -1.81. The van der Waals surface area contributed by atoms with Crippen LogP contribution in [0.15, 0.2) is 0 Å². The smallest absolute Gasteiger partial charge is 0.450 e. The van der Waals surface area contributed by atoms with E-state index in [1.165, 1.54) is 0 Å². The molecule has 1 N–H and O–H groups in total. The maximum Gasteiger partial charge on any atom is 0.505 e. The van der Waals surface area contributed by atoms with Crippen LogP contribution in [-0.2, 0) is 14.2 Å². The molecule has 0 aromatic rings. The lowest BCUT2D eigenvalue weighted by molar-refractivity contribution is -0.0834. The molecule has 0 aromatic carbocycles. The zero-order valence-electron chi connectivity index (χ0n) is 5.28. The van der Waals surface area contributed by atoms with Crippen LogP contribution in [-0.4, -0.2) is 37.4 Å². The van der Waals surface area contributed by atoms with Gasteiger partial charge < -0.3 is 19.3 Å². The Bertz CT molecular complexity index is 117. The molecule has 0 radical (unpaired) electrons. The Morgan fingerprint density at radius 3 is 2.70 bits per heavy atom. The molecule has 0 aromatic heterocycles. The summed E-state index contributed by atoms with van der Waals surface area (Å²) in [5.74, 6) is 0. The van der Waals surface area contributed by atoms with Crippen molar-refractivity contribution < 1.29 is 24.1 Å². The van der Waals surface area contributed by atoms with E-state index in [2.05, 4.69) is 4.74 Å². The van der Waals surface area contributed by atoms with Crippen LogP contribution in [0.4, 0.5) is 4.79 Å². The van der Waals surface area contributed by atoms with Crippen LogP contribution >= 0.6 is 0 Å². The molecule has 0 atom stereocenters. The highest BCUT2D eigenvalue weighted by atomic mass is 16.7. The Kier molecular flexibility index (Phi) is 2.47. The van der Waals surface area contributed by atoms with E-state index in [-0.39, 0.29) is 6.61 Å². The Balaban J connectivity index is 2.07. The maximum absolute atomic E-state index is 9.82. The number of carboxylic acid groups (broad SMARTS) is 1. The molecular weight excluding hydrogens is 140 g/mol. The molecule has 0 saturated carbocycles. The predicted molar refractivity (Wildman–Crippen MR) is 29.7 cm³/mol. The van der Waals surface area contributed by atoms with Crippen molar-refractivity contribution in [2.24, 2.45) is 0 Å². The quantitative estimate of drug-likeness (QED) is 0.560. The third-order valence-corrected chi connectivity index (χ3v) is 1.03. The van der Waals surface area contributed by atoms with Crippen molar-refractivity contribution in [1.82, 2.24) is 0 Å². The highest BCUT2D eigenvalue weighted by Crippen LogP contribution is 2.03. The lowest BCUT2D eigenvalue weighted by Gasteiger charge is -2.06. The van der Waals surface area contributed by atoms with Gasteiger partial charge in [0.2, 0.25) is 0 Å². The van der Waals surface area contributed by atoms with E-state index in [0.717, 1.165) is 0 Å². The minimum atomic E-state index is -1.31. The molecule has 1 aliphatic heterocycles. The molecule has 58 valence electrons. The molecule has 0 spiro atoms. The molecule has 5 heteroatoms. The standard InChI is InChI=1S/C5H8O5/c6-5(7)10-3-4-8-1-2-9-4/h4H,1-3H2,(H,6,7). The van der Waals surface area contributed by atoms with E-state index < -0.39 is 12.4 Å². The van der Waals surface area contributed by atoms with E-state index in [0.29, 0.717) is 13.2 Å². The van der Waals surface area contributed by atoms with Gasteiger partial charge in [-0.1, -0.05) is 0 Å². The van der Waals surface area contributed by atoms with Gasteiger partial charge in [-0.25, -0.2) is 4.79 Å². The molecule has 1 rings (SSSR count). The van der Waals surface area contributed by atoms with E-state index in [4.69, 9.17) is 14.6 Å². The second-order valence-corrected chi connectivity index (χ2v) is 1.75. The Hall–Kier alpha value is -0.810. The molecule has 1 aliphatic rings. The lowest BCUT2D eigenvalue weighted by Crippen LogP contribution is -2.18. The number of hydrogen-bond donors (Lipinski definition) is 1. The van der Waals surface area contributed by atoms with Crippen LogP contribution in [0.3, 0.4) is 0 Å². The molecule has 10 heavy (non-hydrogen) atoms. The summed E-state index contributed by atoms with van der Waals surface area (Å²) in [5.41, 5.74) is 0. The topological polar surface area (TPSA) is 65.0 Å². The highest BCUT2D eigenvalue weighted by molar-refractivity contribution is 5.56. The third kappa shape index (κ3) is 2.20. The molecule has 5 nitrogen and oxygen atoms in total. The molecule has 1 heterocycles. The summed E-state index contributed by atoms with van der Waals surface area (Å²) in [6.45, 7) is 0.969. The first-order valence-corrected chi connectivity index (χ1v) is 2.88. The summed E-state index contributed by atoms with van der Waals surface area (Å²) < 4.78 is 14.0. The van der Waals surface area contributed by atoms with Crippen molar-refractivity contribution in [1.29, 1.82) is 0 Å². The molecule has 0 bridgehead atoms. The first kappa shape index (κ1) is 7.30. The first-order valence-electron chi connectivity index (χ1n) is 2.88. The van der Waals surface area contributed by atoms with Crippen molar-refractivity contribution in [3.8, 4) is 0 Å². The molecule has 1 saturated heterocycles. The van der Waals surface area contributed by atoms with Crippen LogP contribution in [0.2, 0.25) is 0 Å². The molecule has 0 aliphatic carbocycles. The van der Waals surface area contributed by atoms with E-state index in [9.17, 15) is 4.79 Å². The second-order valence-electron chi connectivity index (χ2n) is 1.75. The minimum absolute atomic E-state index is 0.0463. The average Bonchev–Trinajstić information content (AvgIpc) is 2.34. The molecule has 1 fully saturated rings. The molecule has 0 unspecified atom stereocenters. The van der Waals surface area contributed by atoms with Gasteiger partial charge in [0.25, 0.3) is 0 Å². The number of carbonyl (C=O) groups is 1. The van der Waals surface area contributed by atoms with Crippen LogP contribution in [0.1, 0.15) is 0 Å². The fraction of sp³-hybridized carbons (Fsp3) is 0.800. The van der Waals surface area contributed by atoms with Crippen molar-refractivity contribution in [3.05, 3.63) is 0 Å². The molecule has 0 amide bonds. The van der Waals surface area contributed by atoms with Gasteiger partial charge in [0.15, 0.2) is 6.29 Å². The van der Waals surface area contributed by atoms with E-state index >= 15 is 0 Å². The van der Waals surface area contributed by atoms with Gasteiger partial charge in [-0.2, -0.15) is 0 Å². The zero-order chi connectivity index (χ0) is 7.40. The zero-order valence-corrected chi connectivity index (χ0v) is 5.28. The normalized spacial score (nSPS) is 19.2. The van der Waals surface area contributed by atoms with Crippen molar-refractivity contribution in [2.75, 3.05) is 19.8 Å².